The Hall–Kier alpha value is -3.60. The van der Waals surface area contributed by atoms with Crippen LogP contribution in [0, 0.1) is 13.8 Å². The second-order valence-electron chi connectivity index (χ2n) is 7.60. The molecule has 0 saturated carbocycles. The summed E-state index contributed by atoms with van der Waals surface area (Å²) in [4.78, 5) is 26.9. The third-order valence-corrected chi connectivity index (χ3v) is 5.57. The highest BCUT2D eigenvalue weighted by atomic mass is 16.4. The number of rotatable bonds is 4. The van der Waals surface area contributed by atoms with Crippen LogP contribution in [-0.2, 0) is 0 Å². The van der Waals surface area contributed by atoms with Crippen molar-refractivity contribution in [1.29, 1.82) is 0 Å². The van der Waals surface area contributed by atoms with E-state index in [1.165, 1.54) is 6.07 Å². The van der Waals surface area contributed by atoms with Gasteiger partial charge in [0.2, 0.25) is 0 Å². The summed E-state index contributed by atoms with van der Waals surface area (Å²) < 4.78 is 1.88. The van der Waals surface area contributed by atoms with Crippen molar-refractivity contribution in [3.8, 4) is 5.69 Å². The van der Waals surface area contributed by atoms with E-state index in [0.29, 0.717) is 24.3 Å². The van der Waals surface area contributed by atoms with Crippen molar-refractivity contribution in [2.24, 2.45) is 0 Å². The third-order valence-electron chi connectivity index (χ3n) is 5.57. The van der Waals surface area contributed by atoms with Crippen molar-refractivity contribution in [2.45, 2.75) is 20.3 Å². The average Bonchev–Trinajstić information content (AvgIpc) is 3.11. The number of aromatic carboxylic acids is 1. The summed E-state index contributed by atoms with van der Waals surface area (Å²) in [6, 6.07) is 18.8. The number of aromatic nitrogens is 1. The van der Waals surface area contributed by atoms with Crippen LogP contribution in [0.25, 0.3) is 11.3 Å². The number of benzene rings is 2. The summed E-state index contributed by atoms with van der Waals surface area (Å²) in [6.45, 7) is 5.04. The van der Waals surface area contributed by atoms with Crippen LogP contribution in [0.1, 0.15) is 44.1 Å². The molecule has 30 heavy (non-hydrogen) atoms. The fourth-order valence-electron chi connectivity index (χ4n) is 4.04. The normalized spacial score (nSPS) is 13.8. The topological polar surface area (TPSA) is 62.5 Å². The zero-order valence-electron chi connectivity index (χ0n) is 17.1. The molecule has 1 aliphatic heterocycles. The molecule has 2 aromatic carbocycles. The van der Waals surface area contributed by atoms with E-state index in [2.05, 4.69) is 18.2 Å². The van der Waals surface area contributed by atoms with Gasteiger partial charge in [0.25, 0.3) is 5.91 Å². The van der Waals surface area contributed by atoms with Crippen LogP contribution in [0.2, 0.25) is 0 Å². The SMILES string of the molecule is Cc1ccc(C)n1-c1cc(C(=O)N2CCC=C(c3ccccc3)C2)ccc1C(=O)O. The minimum atomic E-state index is -1.01. The monoisotopic (exact) mass is 400 g/mol. The van der Waals surface area contributed by atoms with Gasteiger partial charge in [-0.25, -0.2) is 4.79 Å². The zero-order valence-corrected chi connectivity index (χ0v) is 17.1. The highest BCUT2D eigenvalue weighted by molar-refractivity contribution is 5.99. The molecule has 152 valence electrons. The molecule has 2 heterocycles. The number of carbonyl (C=O) groups is 2. The lowest BCUT2D eigenvalue weighted by molar-refractivity contribution is 0.0694. The van der Waals surface area contributed by atoms with E-state index in [1.54, 1.807) is 12.1 Å². The molecule has 0 aliphatic carbocycles. The Balaban J connectivity index is 1.68. The molecule has 0 fully saturated rings. The van der Waals surface area contributed by atoms with Crippen LogP contribution in [0.15, 0.2) is 66.7 Å². The van der Waals surface area contributed by atoms with Crippen LogP contribution < -0.4 is 0 Å². The number of hydrogen-bond donors (Lipinski definition) is 1. The summed E-state index contributed by atoms with van der Waals surface area (Å²) >= 11 is 0. The molecule has 0 bridgehead atoms. The molecule has 5 heteroatoms. The Morgan fingerprint density at radius 2 is 1.63 bits per heavy atom. The number of carboxylic acid groups (broad SMARTS) is 1. The molecular formula is C25H24N2O3. The minimum Gasteiger partial charge on any atom is -0.478 e. The van der Waals surface area contributed by atoms with Crippen LogP contribution in [-0.4, -0.2) is 39.5 Å². The Bertz CT molecular complexity index is 1120. The highest BCUT2D eigenvalue weighted by Gasteiger charge is 2.23. The van der Waals surface area contributed by atoms with Crippen molar-refractivity contribution >= 4 is 17.4 Å². The fraction of sp³-hybridized carbons (Fsp3) is 0.200. The molecule has 0 unspecified atom stereocenters. The quantitative estimate of drug-likeness (QED) is 0.689. The third kappa shape index (κ3) is 3.66. The Labute approximate surface area is 175 Å². The molecule has 0 radical (unpaired) electrons. The summed E-state index contributed by atoms with van der Waals surface area (Å²) in [5.74, 6) is -1.10. The molecule has 3 aromatic rings. The van der Waals surface area contributed by atoms with E-state index in [9.17, 15) is 14.7 Å². The van der Waals surface area contributed by atoms with E-state index >= 15 is 0 Å². The molecule has 1 N–H and O–H groups in total. The highest BCUT2D eigenvalue weighted by Crippen LogP contribution is 2.25. The maximum Gasteiger partial charge on any atom is 0.337 e. The van der Waals surface area contributed by atoms with Gasteiger partial charge in [-0.1, -0.05) is 36.4 Å². The van der Waals surface area contributed by atoms with Gasteiger partial charge in [0.15, 0.2) is 0 Å². The lowest BCUT2D eigenvalue weighted by Crippen LogP contribution is -2.35. The Kier molecular flexibility index (Phi) is 5.27. The molecule has 4 rings (SSSR count). The van der Waals surface area contributed by atoms with Crippen molar-refractivity contribution in [3.05, 3.63) is 94.8 Å². The number of carboxylic acids is 1. The van der Waals surface area contributed by atoms with E-state index in [-0.39, 0.29) is 11.5 Å². The first-order chi connectivity index (χ1) is 14.5. The summed E-state index contributed by atoms with van der Waals surface area (Å²) in [6.07, 6.45) is 2.98. The van der Waals surface area contributed by atoms with E-state index in [4.69, 9.17) is 0 Å². The number of carbonyl (C=O) groups excluding carboxylic acids is 1. The van der Waals surface area contributed by atoms with Gasteiger partial charge >= 0.3 is 5.97 Å². The average molecular weight is 400 g/mol. The van der Waals surface area contributed by atoms with Gasteiger partial charge in [-0.15, -0.1) is 0 Å². The van der Waals surface area contributed by atoms with Crippen LogP contribution >= 0.6 is 0 Å². The Morgan fingerprint density at radius 3 is 2.30 bits per heavy atom. The summed E-state index contributed by atoms with van der Waals surface area (Å²) in [5.41, 5.74) is 5.29. The molecule has 5 nitrogen and oxygen atoms in total. The standard InChI is InChI=1S/C25H24N2O3/c1-17-10-11-18(2)27(17)23-15-20(12-13-22(23)25(29)30)24(28)26-14-6-9-21(16-26)19-7-4-3-5-8-19/h3-5,7-13,15H,6,14,16H2,1-2H3,(H,29,30). The predicted molar refractivity (Wildman–Crippen MR) is 117 cm³/mol. The molecule has 0 atom stereocenters. The number of hydrogen-bond acceptors (Lipinski definition) is 2. The fourth-order valence-corrected chi connectivity index (χ4v) is 4.04. The number of amides is 1. The summed E-state index contributed by atoms with van der Waals surface area (Å²) in [5, 5.41) is 9.67. The maximum absolute atomic E-state index is 13.3. The molecule has 1 aromatic heterocycles. The van der Waals surface area contributed by atoms with Crippen LogP contribution in [0.5, 0.6) is 0 Å². The molecule has 1 amide bonds. The van der Waals surface area contributed by atoms with Crippen molar-refractivity contribution in [1.82, 2.24) is 9.47 Å². The number of nitrogens with zero attached hydrogens (tertiary/aromatic N) is 2. The van der Waals surface area contributed by atoms with Gasteiger partial charge in [-0.3, -0.25) is 4.79 Å². The number of aryl methyl sites for hydroxylation is 2. The first-order valence-corrected chi connectivity index (χ1v) is 10.0. The first-order valence-electron chi connectivity index (χ1n) is 10.0. The van der Waals surface area contributed by atoms with E-state index < -0.39 is 5.97 Å². The van der Waals surface area contributed by atoms with Gasteiger partial charge in [-0.2, -0.15) is 0 Å². The second-order valence-corrected chi connectivity index (χ2v) is 7.60. The van der Waals surface area contributed by atoms with Crippen molar-refractivity contribution in [2.75, 3.05) is 13.1 Å². The molecule has 0 spiro atoms. The second kappa shape index (κ2) is 8.03. The van der Waals surface area contributed by atoms with Crippen molar-refractivity contribution < 1.29 is 14.7 Å². The van der Waals surface area contributed by atoms with E-state index in [1.807, 2.05) is 53.6 Å². The van der Waals surface area contributed by atoms with Crippen LogP contribution in [0.3, 0.4) is 0 Å². The smallest absolute Gasteiger partial charge is 0.337 e. The predicted octanol–water partition coefficient (Wildman–Crippen LogP) is 4.72. The van der Waals surface area contributed by atoms with Gasteiger partial charge in [0, 0.05) is 30.0 Å². The van der Waals surface area contributed by atoms with Crippen LogP contribution in [0.4, 0.5) is 0 Å². The van der Waals surface area contributed by atoms with Gasteiger partial charge in [0.1, 0.15) is 0 Å². The minimum absolute atomic E-state index is 0.0859. The molecule has 1 aliphatic rings. The van der Waals surface area contributed by atoms with Gasteiger partial charge in [-0.05, 0) is 61.7 Å². The van der Waals surface area contributed by atoms with Gasteiger partial charge in [0.05, 0.1) is 11.3 Å². The molecular weight excluding hydrogens is 376 g/mol. The van der Waals surface area contributed by atoms with Crippen molar-refractivity contribution in [3.63, 3.8) is 0 Å². The zero-order chi connectivity index (χ0) is 21.3. The first kappa shape index (κ1) is 19.7. The lowest BCUT2D eigenvalue weighted by atomic mass is 10.00. The van der Waals surface area contributed by atoms with E-state index in [0.717, 1.165) is 28.9 Å². The van der Waals surface area contributed by atoms with Gasteiger partial charge < -0.3 is 14.6 Å². The molecule has 0 saturated heterocycles. The largest absolute Gasteiger partial charge is 0.478 e. The maximum atomic E-state index is 13.3. The summed E-state index contributed by atoms with van der Waals surface area (Å²) in [7, 11) is 0. The Morgan fingerprint density at radius 1 is 0.933 bits per heavy atom. The lowest BCUT2D eigenvalue weighted by Gasteiger charge is -2.28.